The normalized spacial score (nSPS) is 20.6. The molecular formula is C14H26N2O4. The van der Waals surface area contributed by atoms with Crippen LogP contribution in [0.4, 0.5) is 4.79 Å². The standard InChI is InChI=1S/C14H26N2O4/c1-4-11(2)16(9-13(17)18)14(19)15-7-5-6-12(8-15)10-20-3/h11-12H,4-10H2,1-3H3,(H,17,18). The number of carbonyl (C=O) groups is 2. The van der Waals surface area contributed by atoms with E-state index in [2.05, 4.69) is 0 Å². The monoisotopic (exact) mass is 286 g/mol. The molecule has 1 N–H and O–H groups in total. The molecule has 0 radical (unpaired) electrons. The van der Waals surface area contributed by atoms with Crippen molar-refractivity contribution in [1.82, 2.24) is 9.80 Å². The van der Waals surface area contributed by atoms with Crippen LogP contribution in [-0.2, 0) is 9.53 Å². The molecule has 0 spiro atoms. The van der Waals surface area contributed by atoms with Crippen molar-refractivity contribution < 1.29 is 19.4 Å². The Morgan fingerprint density at radius 2 is 2.20 bits per heavy atom. The van der Waals surface area contributed by atoms with Gasteiger partial charge >= 0.3 is 12.0 Å². The molecule has 0 saturated carbocycles. The topological polar surface area (TPSA) is 70.1 Å². The number of aliphatic carboxylic acids is 1. The number of carboxylic acid groups (broad SMARTS) is 1. The van der Waals surface area contributed by atoms with Gasteiger partial charge in [0.05, 0.1) is 6.61 Å². The summed E-state index contributed by atoms with van der Waals surface area (Å²) >= 11 is 0. The van der Waals surface area contributed by atoms with E-state index in [9.17, 15) is 9.59 Å². The van der Waals surface area contributed by atoms with Crippen molar-refractivity contribution in [3.63, 3.8) is 0 Å². The first-order valence-corrected chi connectivity index (χ1v) is 7.25. The largest absolute Gasteiger partial charge is 0.480 e. The second-order valence-electron chi connectivity index (χ2n) is 5.47. The third kappa shape index (κ3) is 4.67. The van der Waals surface area contributed by atoms with Crippen LogP contribution in [0.1, 0.15) is 33.1 Å². The van der Waals surface area contributed by atoms with E-state index in [1.54, 1.807) is 12.0 Å². The quantitative estimate of drug-likeness (QED) is 0.806. The lowest BCUT2D eigenvalue weighted by atomic mass is 9.99. The van der Waals surface area contributed by atoms with Gasteiger partial charge in [0.15, 0.2) is 0 Å². The molecule has 0 aromatic heterocycles. The minimum atomic E-state index is -0.968. The van der Waals surface area contributed by atoms with Crippen LogP contribution in [0.25, 0.3) is 0 Å². The van der Waals surface area contributed by atoms with E-state index in [1.807, 2.05) is 13.8 Å². The second-order valence-corrected chi connectivity index (χ2v) is 5.47. The van der Waals surface area contributed by atoms with Crippen molar-refractivity contribution in [1.29, 1.82) is 0 Å². The number of piperidine rings is 1. The SMILES string of the molecule is CCC(C)N(CC(=O)O)C(=O)N1CCCC(COC)C1. The Hall–Kier alpha value is -1.30. The minimum absolute atomic E-state index is 0.0681. The number of carbonyl (C=O) groups excluding carboxylic acids is 1. The number of rotatable bonds is 6. The number of nitrogens with zero attached hydrogens (tertiary/aromatic N) is 2. The first-order valence-electron chi connectivity index (χ1n) is 7.25. The average Bonchev–Trinajstić information content (AvgIpc) is 2.43. The van der Waals surface area contributed by atoms with Crippen LogP contribution in [0.3, 0.4) is 0 Å². The first-order chi connectivity index (χ1) is 9.49. The number of urea groups is 1. The van der Waals surface area contributed by atoms with E-state index in [4.69, 9.17) is 9.84 Å². The predicted molar refractivity (Wildman–Crippen MR) is 75.7 cm³/mol. The molecule has 1 heterocycles. The van der Waals surface area contributed by atoms with Gasteiger partial charge in [-0.1, -0.05) is 6.92 Å². The number of methoxy groups -OCH3 is 1. The van der Waals surface area contributed by atoms with Gasteiger partial charge in [0, 0.05) is 32.2 Å². The molecule has 6 heteroatoms. The molecule has 2 atom stereocenters. The van der Waals surface area contributed by atoms with Gasteiger partial charge in [-0.3, -0.25) is 4.79 Å². The predicted octanol–water partition coefficient (Wildman–Crippen LogP) is 1.65. The summed E-state index contributed by atoms with van der Waals surface area (Å²) in [5.74, 6) is -0.620. The highest BCUT2D eigenvalue weighted by Gasteiger charge is 2.30. The molecule has 1 aliphatic rings. The first kappa shape index (κ1) is 16.8. The van der Waals surface area contributed by atoms with E-state index in [0.717, 1.165) is 19.3 Å². The molecular weight excluding hydrogens is 260 g/mol. The highest BCUT2D eigenvalue weighted by molar-refractivity contribution is 5.80. The zero-order valence-corrected chi connectivity index (χ0v) is 12.7. The third-order valence-electron chi connectivity index (χ3n) is 3.87. The van der Waals surface area contributed by atoms with Crippen LogP contribution in [0, 0.1) is 5.92 Å². The highest BCUT2D eigenvalue weighted by atomic mass is 16.5. The maximum Gasteiger partial charge on any atom is 0.323 e. The molecule has 0 aromatic carbocycles. The Bertz CT molecular complexity index is 333. The highest BCUT2D eigenvalue weighted by Crippen LogP contribution is 2.19. The van der Waals surface area contributed by atoms with E-state index in [-0.39, 0.29) is 18.6 Å². The summed E-state index contributed by atoms with van der Waals surface area (Å²) in [6.07, 6.45) is 2.75. The van der Waals surface area contributed by atoms with Gasteiger partial charge in [-0.15, -0.1) is 0 Å². The van der Waals surface area contributed by atoms with Gasteiger partial charge in [0.1, 0.15) is 6.54 Å². The molecule has 116 valence electrons. The summed E-state index contributed by atoms with van der Waals surface area (Å²) in [6, 6.07) is -0.232. The second kappa shape index (κ2) is 8.09. The lowest BCUT2D eigenvalue weighted by Gasteiger charge is -2.37. The van der Waals surface area contributed by atoms with Crippen molar-refractivity contribution >= 4 is 12.0 Å². The Kier molecular flexibility index (Phi) is 6.78. The number of amides is 2. The number of likely N-dealkylation sites (tertiary alicyclic amines) is 1. The Balaban J connectivity index is 2.70. The van der Waals surface area contributed by atoms with Crippen molar-refractivity contribution in [2.75, 3.05) is 33.4 Å². The number of hydrogen-bond donors (Lipinski definition) is 1. The van der Waals surface area contributed by atoms with Gasteiger partial charge in [-0.05, 0) is 26.2 Å². The molecule has 1 rings (SSSR count). The fraction of sp³-hybridized carbons (Fsp3) is 0.857. The fourth-order valence-corrected chi connectivity index (χ4v) is 2.57. The van der Waals surface area contributed by atoms with Gasteiger partial charge in [0.2, 0.25) is 0 Å². The van der Waals surface area contributed by atoms with Crippen LogP contribution < -0.4 is 0 Å². The van der Waals surface area contributed by atoms with E-state index >= 15 is 0 Å². The third-order valence-corrected chi connectivity index (χ3v) is 3.87. The average molecular weight is 286 g/mol. The zero-order chi connectivity index (χ0) is 15.1. The van der Waals surface area contributed by atoms with Crippen molar-refractivity contribution in [2.24, 2.45) is 5.92 Å². The summed E-state index contributed by atoms with van der Waals surface area (Å²) in [5.41, 5.74) is 0. The molecule has 1 fully saturated rings. The maximum atomic E-state index is 12.5. The lowest BCUT2D eigenvalue weighted by Crippen LogP contribution is -2.52. The summed E-state index contributed by atoms with van der Waals surface area (Å²) in [4.78, 5) is 26.7. The van der Waals surface area contributed by atoms with Crippen molar-refractivity contribution in [3.8, 4) is 0 Å². The van der Waals surface area contributed by atoms with Crippen LogP contribution >= 0.6 is 0 Å². The van der Waals surface area contributed by atoms with Gasteiger partial charge < -0.3 is 19.6 Å². The van der Waals surface area contributed by atoms with Crippen LogP contribution in [0.15, 0.2) is 0 Å². The molecule has 0 aliphatic carbocycles. The number of carboxylic acids is 1. The number of hydrogen-bond acceptors (Lipinski definition) is 3. The lowest BCUT2D eigenvalue weighted by molar-refractivity contribution is -0.138. The van der Waals surface area contributed by atoms with E-state index in [0.29, 0.717) is 25.6 Å². The summed E-state index contributed by atoms with van der Waals surface area (Å²) in [6.45, 7) is 5.60. The smallest absolute Gasteiger partial charge is 0.323 e. The van der Waals surface area contributed by atoms with Crippen molar-refractivity contribution in [3.05, 3.63) is 0 Å². The Morgan fingerprint density at radius 1 is 1.50 bits per heavy atom. The Morgan fingerprint density at radius 3 is 2.75 bits per heavy atom. The van der Waals surface area contributed by atoms with Crippen molar-refractivity contribution in [2.45, 2.75) is 39.2 Å². The molecule has 0 aromatic rings. The molecule has 1 aliphatic heterocycles. The summed E-state index contributed by atoms with van der Waals surface area (Å²) in [5, 5.41) is 8.98. The van der Waals surface area contributed by atoms with Gasteiger partial charge in [-0.2, -0.15) is 0 Å². The van der Waals surface area contributed by atoms with Gasteiger partial charge in [-0.25, -0.2) is 4.79 Å². The minimum Gasteiger partial charge on any atom is -0.480 e. The number of ether oxygens (including phenoxy) is 1. The summed E-state index contributed by atoms with van der Waals surface area (Å²) in [7, 11) is 1.66. The van der Waals surface area contributed by atoms with Crippen LogP contribution in [0.5, 0.6) is 0 Å². The molecule has 2 amide bonds. The van der Waals surface area contributed by atoms with Gasteiger partial charge in [0.25, 0.3) is 0 Å². The molecule has 0 bridgehead atoms. The molecule has 20 heavy (non-hydrogen) atoms. The summed E-state index contributed by atoms with van der Waals surface area (Å²) < 4.78 is 5.16. The van der Waals surface area contributed by atoms with Crippen LogP contribution in [0.2, 0.25) is 0 Å². The van der Waals surface area contributed by atoms with E-state index in [1.165, 1.54) is 4.90 Å². The fourth-order valence-electron chi connectivity index (χ4n) is 2.57. The van der Waals surface area contributed by atoms with E-state index < -0.39 is 5.97 Å². The molecule has 2 unspecified atom stereocenters. The zero-order valence-electron chi connectivity index (χ0n) is 12.7. The van der Waals surface area contributed by atoms with Crippen LogP contribution in [-0.4, -0.2) is 66.3 Å². The Labute approximate surface area is 120 Å². The molecule has 6 nitrogen and oxygen atoms in total. The molecule has 1 saturated heterocycles. The maximum absolute atomic E-state index is 12.5.